The first kappa shape index (κ1) is 19.0. The second-order valence-electron chi connectivity index (χ2n) is 5.71. The molecule has 0 fully saturated rings. The molecule has 0 atom stereocenters. The Morgan fingerprint density at radius 3 is 2.78 bits per heavy atom. The highest BCUT2D eigenvalue weighted by atomic mass is 79.9. The number of aromatic nitrogens is 4. The summed E-state index contributed by atoms with van der Waals surface area (Å²) in [6.45, 7) is 1.44. The Labute approximate surface area is 162 Å². The standard InChI is InChI=1S/C17H16BrF2N5O2/c1-11-6-15(17(19)20)25(23-11)9-16(26)22-13-7-21-24(8-13)10-27-14-4-2-12(18)3-5-14/h2-8,17H,9-10H2,1H3,(H,22,26). The van der Waals surface area contributed by atoms with Gasteiger partial charge in [0.15, 0.2) is 6.73 Å². The summed E-state index contributed by atoms with van der Waals surface area (Å²) in [5, 5.41) is 10.6. The van der Waals surface area contributed by atoms with Gasteiger partial charge in [-0.2, -0.15) is 10.2 Å². The van der Waals surface area contributed by atoms with Crippen LogP contribution in [-0.4, -0.2) is 25.5 Å². The molecule has 2 aromatic heterocycles. The summed E-state index contributed by atoms with van der Waals surface area (Å²) in [6, 6.07) is 8.59. The number of halogens is 3. The molecule has 0 spiro atoms. The molecule has 1 amide bonds. The number of amides is 1. The molecule has 3 aromatic rings. The molecule has 0 saturated carbocycles. The molecule has 0 aliphatic heterocycles. The number of benzene rings is 1. The van der Waals surface area contributed by atoms with Gasteiger partial charge in [-0.15, -0.1) is 0 Å². The van der Waals surface area contributed by atoms with Crippen molar-refractivity contribution in [3.63, 3.8) is 0 Å². The number of aryl methyl sites for hydroxylation is 1. The summed E-state index contributed by atoms with van der Waals surface area (Å²) in [5.74, 6) is 0.196. The van der Waals surface area contributed by atoms with E-state index < -0.39 is 12.3 Å². The monoisotopic (exact) mass is 439 g/mol. The van der Waals surface area contributed by atoms with Crippen molar-refractivity contribution >= 4 is 27.5 Å². The maximum atomic E-state index is 12.9. The second-order valence-corrected chi connectivity index (χ2v) is 6.63. The van der Waals surface area contributed by atoms with E-state index in [4.69, 9.17) is 4.74 Å². The fourth-order valence-electron chi connectivity index (χ4n) is 2.37. The molecule has 0 aliphatic rings. The van der Waals surface area contributed by atoms with Crippen molar-refractivity contribution in [2.24, 2.45) is 0 Å². The lowest BCUT2D eigenvalue weighted by atomic mass is 10.3. The van der Waals surface area contributed by atoms with Gasteiger partial charge in [-0.05, 0) is 37.3 Å². The van der Waals surface area contributed by atoms with Gasteiger partial charge in [0.25, 0.3) is 6.43 Å². The van der Waals surface area contributed by atoms with Crippen molar-refractivity contribution < 1.29 is 18.3 Å². The average Bonchev–Trinajstić information content (AvgIpc) is 3.20. The maximum absolute atomic E-state index is 12.9. The molecule has 7 nitrogen and oxygen atoms in total. The lowest BCUT2D eigenvalue weighted by molar-refractivity contribution is -0.117. The minimum Gasteiger partial charge on any atom is -0.471 e. The fourth-order valence-corrected chi connectivity index (χ4v) is 2.64. The van der Waals surface area contributed by atoms with Crippen LogP contribution in [0.25, 0.3) is 0 Å². The minimum atomic E-state index is -2.70. The number of hydrogen-bond donors (Lipinski definition) is 1. The van der Waals surface area contributed by atoms with Crippen molar-refractivity contribution in [1.82, 2.24) is 19.6 Å². The van der Waals surface area contributed by atoms with Crippen LogP contribution in [0.5, 0.6) is 5.75 Å². The maximum Gasteiger partial charge on any atom is 0.280 e. The molecule has 0 radical (unpaired) electrons. The molecule has 0 aliphatic carbocycles. The smallest absolute Gasteiger partial charge is 0.280 e. The number of anilines is 1. The molecule has 1 N–H and O–H groups in total. The van der Waals surface area contributed by atoms with Crippen LogP contribution < -0.4 is 10.1 Å². The number of rotatable bonds is 7. The van der Waals surface area contributed by atoms with Crippen molar-refractivity contribution in [3.05, 3.63) is 58.6 Å². The number of nitrogens with zero attached hydrogens (tertiary/aromatic N) is 4. The van der Waals surface area contributed by atoms with Crippen LogP contribution in [0.15, 0.2) is 47.2 Å². The van der Waals surface area contributed by atoms with Crippen LogP contribution in [0.4, 0.5) is 14.5 Å². The van der Waals surface area contributed by atoms with Crippen LogP contribution in [0.3, 0.4) is 0 Å². The van der Waals surface area contributed by atoms with E-state index in [9.17, 15) is 13.6 Å². The number of carbonyl (C=O) groups excluding carboxylic acids is 1. The SMILES string of the molecule is Cc1cc(C(F)F)n(CC(=O)Nc2cnn(COc3ccc(Br)cc3)c2)n1. The molecular formula is C17H16BrF2N5O2. The molecule has 0 saturated heterocycles. The third-order valence-corrected chi connectivity index (χ3v) is 4.07. The van der Waals surface area contributed by atoms with Crippen LogP contribution in [-0.2, 0) is 18.1 Å². The summed E-state index contributed by atoms with van der Waals surface area (Å²) >= 11 is 3.34. The molecule has 142 valence electrons. The quantitative estimate of drug-likeness (QED) is 0.607. The van der Waals surface area contributed by atoms with Gasteiger partial charge in [-0.3, -0.25) is 9.48 Å². The molecule has 2 heterocycles. The molecule has 1 aromatic carbocycles. The summed E-state index contributed by atoms with van der Waals surface area (Å²) in [5.41, 5.74) is 0.569. The zero-order valence-electron chi connectivity index (χ0n) is 14.3. The lowest BCUT2D eigenvalue weighted by Crippen LogP contribution is -2.21. The van der Waals surface area contributed by atoms with E-state index in [0.29, 0.717) is 17.1 Å². The van der Waals surface area contributed by atoms with E-state index >= 15 is 0 Å². The number of hydrogen-bond acceptors (Lipinski definition) is 4. The topological polar surface area (TPSA) is 74.0 Å². The second kappa shape index (κ2) is 8.30. The van der Waals surface area contributed by atoms with Gasteiger partial charge in [0.2, 0.25) is 5.91 Å². The molecule has 0 bridgehead atoms. The Morgan fingerprint density at radius 1 is 1.33 bits per heavy atom. The highest BCUT2D eigenvalue weighted by molar-refractivity contribution is 9.10. The fraction of sp³-hybridized carbons (Fsp3) is 0.235. The zero-order valence-corrected chi connectivity index (χ0v) is 15.9. The minimum absolute atomic E-state index is 0.158. The Kier molecular flexibility index (Phi) is 5.84. The third kappa shape index (κ3) is 5.13. The molecule has 27 heavy (non-hydrogen) atoms. The summed E-state index contributed by atoms with van der Waals surface area (Å²) in [6.07, 6.45) is 0.335. The highest BCUT2D eigenvalue weighted by Crippen LogP contribution is 2.20. The predicted molar refractivity (Wildman–Crippen MR) is 97.5 cm³/mol. The largest absolute Gasteiger partial charge is 0.471 e. The number of alkyl halides is 2. The normalized spacial score (nSPS) is 11.0. The van der Waals surface area contributed by atoms with Gasteiger partial charge in [0.05, 0.1) is 23.8 Å². The van der Waals surface area contributed by atoms with E-state index in [0.717, 1.165) is 9.15 Å². The van der Waals surface area contributed by atoms with E-state index in [1.54, 1.807) is 13.1 Å². The number of carbonyl (C=O) groups is 1. The zero-order chi connectivity index (χ0) is 19.4. The highest BCUT2D eigenvalue weighted by Gasteiger charge is 2.17. The Morgan fingerprint density at radius 2 is 2.07 bits per heavy atom. The van der Waals surface area contributed by atoms with Gasteiger partial charge >= 0.3 is 0 Å². The first-order valence-electron chi connectivity index (χ1n) is 7.94. The summed E-state index contributed by atoms with van der Waals surface area (Å²) < 4.78 is 34.9. The van der Waals surface area contributed by atoms with E-state index in [1.165, 1.54) is 16.9 Å². The predicted octanol–water partition coefficient (Wildman–Crippen LogP) is 3.76. The molecule has 10 heteroatoms. The van der Waals surface area contributed by atoms with Gasteiger partial charge in [-0.1, -0.05) is 15.9 Å². The van der Waals surface area contributed by atoms with Crippen molar-refractivity contribution in [2.45, 2.75) is 26.6 Å². The lowest BCUT2D eigenvalue weighted by Gasteiger charge is -2.07. The van der Waals surface area contributed by atoms with Gasteiger partial charge in [-0.25, -0.2) is 13.5 Å². The van der Waals surface area contributed by atoms with Crippen molar-refractivity contribution in [2.75, 3.05) is 5.32 Å². The first-order valence-corrected chi connectivity index (χ1v) is 8.73. The third-order valence-electron chi connectivity index (χ3n) is 3.54. The Hall–Kier alpha value is -2.75. The average molecular weight is 440 g/mol. The first-order chi connectivity index (χ1) is 12.9. The summed E-state index contributed by atoms with van der Waals surface area (Å²) in [7, 11) is 0. The van der Waals surface area contributed by atoms with Crippen molar-refractivity contribution in [3.8, 4) is 5.75 Å². The van der Waals surface area contributed by atoms with Gasteiger partial charge in [0.1, 0.15) is 18.0 Å². The molecular weight excluding hydrogens is 424 g/mol. The van der Waals surface area contributed by atoms with Crippen LogP contribution in [0.2, 0.25) is 0 Å². The van der Waals surface area contributed by atoms with Crippen LogP contribution in [0.1, 0.15) is 17.8 Å². The Balaban J connectivity index is 1.55. The Bertz CT molecular complexity index is 924. The summed E-state index contributed by atoms with van der Waals surface area (Å²) in [4.78, 5) is 12.1. The molecule has 0 unspecified atom stereocenters. The number of ether oxygens (including phenoxy) is 1. The van der Waals surface area contributed by atoms with Crippen LogP contribution >= 0.6 is 15.9 Å². The van der Waals surface area contributed by atoms with Gasteiger partial charge in [0, 0.05) is 4.47 Å². The van der Waals surface area contributed by atoms with Gasteiger partial charge < -0.3 is 10.1 Å². The number of nitrogens with one attached hydrogen (secondary N) is 1. The van der Waals surface area contributed by atoms with Crippen molar-refractivity contribution in [1.29, 1.82) is 0 Å². The van der Waals surface area contributed by atoms with E-state index in [2.05, 4.69) is 31.4 Å². The van der Waals surface area contributed by atoms with E-state index in [1.807, 2.05) is 24.3 Å². The van der Waals surface area contributed by atoms with E-state index in [-0.39, 0.29) is 19.0 Å². The molecule has 3 rings (SSSR count). The van der Waals surface area contributed by atoms with Crippen LogP contribution in [0, 0.1) is 6.92 Å².